The van der Waals surface area contributed by atoms with Gasteiger partial charge in [0, 0.05) is 28.4 Å². The third-order valence-electron chi connectivity index (χ3n) is 9.97. The van der Waals surface area contributed by atoms with Gasteiger partial charge in [0.25, 0.3) is 0 Å². The Morgan fingerprint density at radius 1 is 0.357 bits per heavy atom. The summed E-state index contributed by atoms with van der Waals surface area (Å²) in [7, 11) is 0. The van der Waals surface area contributed by atoms with Gasteiger partial charge in [0.2, 0.25) is 0 Å². The molecule has 0 radical (unpaired) electrons. The molecule has 0 heterocycles. The second kappa shape index (κ2) is 16.1. The molecule has 0 saturated heterocycles. The molecule has 2 nitrogen and oxygen atoms in total. The fraction of sp³-hybridized carbons (Fsp3) is 0.0370. The molecule has 0 aromatic heterocycles. The molecular weight excluding hydrogens is 677 g/mol. The van der Waals surface area contributed by atoms with Crippen LogP contribution in [0, 0.1) is 0 Å². The van der Waals surface area contributed by atoms with E-state index in [9.17, 15) is 0 Å². The van der Waals surface area contributed by atoms with Gasteiger partial charge in [-0.25, -0.2) is 0 Å². The highest BCUT2D eigenvalue weighted by Crippen LogP contribution is 2.38. The summed E-state index contributed by atoms with van der Waals surface area (Å²) in [6.07, 6.45) is 9.19. The van der Waals surface area contributed by atoms with Crippen molar-refractivity contribution in [2.75, 3.05) is 9.80 Å². The number of hydrogen-bond acceptors (Lipinski definition) is 2. The Morgan fingerprint density at radius 2 is 0.714 bits per heavy atom. The highest BCUT2D eigenvalue weighted by molar-refractivity contribution is 5.81. The highest BCUT2D eigenvalue weighted by Gasteiger charge is 2.19. The van der Waals surface area contributed by atoms with Crippen molar-refractivity contribution in [3.63, 3.8) is 0 Å². The number of para-hydroxylation sites is 1. The Labute approximate surface area is 344 Å². The molecule has 0 N–H and O–H groups in total. The van der Waals surface area contributed by atoms with Crippen molar-refractivity contribution in [3.05, 3.63) is 236 Å². The minimum atomic E-state index is -0.415. The molecule has 1 aliphatic carbocycles. The predicted octanol–water partition coefficient (Wildman–Crippen LogP) is 14.8. The summed E-state index contributed by atoms with van der Waals surface area (Å²) in [5.74, 6) is 0. The van der Waals surface area contributed by atoms with Crippen LogP contribution in [-0.4, -0.2) is 6.04 Å². The van der Waals surface area contributed by atoms with E-state index in [4.69, 9.17) is 13.7 Å². The van der Waals surface area contributed by atoms with Crippen molar-refractivity contribution in [1.29, 1.82) is 0 Å². The van der Waals surface area contributed by atoms with Gasteiger partial charge in [0.15, 0.2) is 0 Å². The average Bonchev–Trinajstić information content (AvgIpc) is 3.36. The van der Waals surface area contributed by atoms with E-state index in [1.807, 2.05) is 78.9 Å². The van der Waals surface area contributed by atoms with Crippen LogP contribution < -0.4 is 9.80 Å². The van der Waals surface area contributed by atoms with E-state index in [2.05, 4.69) is 94.7 Å². The smallest absolute Gasteiger partial charge is 0.0629 e. The minimum Gasteiger partial charge on any atom is -0.334 e. The number of anilines is 5. The number of rotatable bonds is 10. The van der Waals surface area contributed by atoms with Gasteiger partial charge < -0.3 is 9.80 Å². The molecular formula is C54H42N2. The molecule has 0 amide bonds. The zero-order chi connectivity index (χ0) is 46.2. The number of hydrogen-bond donors (Lipinski definition) is 0. The van der Waals surface area contributed by atoms with Crippen molar-refractivity contribution < 1.29 is 13.7 Å². The van der Waals surface area contributed by atoms with Crippen LogP contribution >= 0.6 is 0 Å². The Balaban J connectivity index is 0.951. The van der Waals surface area contributed by atoms with Gasteiger partial charge in [-0.3, -0.25) is 0 Å². The van der Waals surface area contributed by atoms with Gasteiger partial charge in [-0.05, 0) is 112 Å². The summed E-state index contributed by atoms with van der Waals surface area (Å²) in [6, 6.07) is 47.0. The summed E-state index contributed by atoms with van der Waals surface area (Å²) >= 11 is 0. The van der Waals surface area contributed by atoms with Crippen LogP contribution in [0.5, 0.6) is 0 Å². The Hall–Kier alpha value is -7.16. The van der Waals surface area contributed by atoms with E-state index in [-0.39, 0.29) is 65.5 Å². The summed E-state index contributed by atoms with van der Waals surface area (Å²) in [5, 5.41) is 0. The van der Waals surface area contributed by atoms with Gasteiger partial charge in [-0.15, -0.1) is 0 Å². The van der Waals surface area contributed by atoms with Crippen molar-refractivity contribution in [2.24, 2.45) is 0 Å². The summed E-state index contributed by atoms with van der Waals surface area (Å²) in [6.45, 7) is 0. The third kappa shape index (κ3) is 7.46. The number of nitrogens with zero attached hydrogens (tertiary/aromatic N) is 2. The Morgan fingerprint density at radius 3 is 1.11 bits per heavy atom. The molecule has 8 aromatic rings. The van der Waals surface area contributed by atoms with Gasteiger partial charge >= 0.3 is 0 Å². The summed E-state index contributed by atoms with van der Waals surface area (Å²) < 4.78 is 82.3. The molecule has 1 aliphatic rings. The summed E-state index contributed by atoms with van der Waals surface area (Å²) in [4.78, 5) is 4.37. The van der Waals surface area contributed by atoms with Gasteiger partial charge in [-0.2, -0.15) is 0 Å². The van der Waals surface area contributed by atoms with Gasteiger partial charge in [0.05, 0.1) is 19.7 Å². The lowest BCUT2D eigenvalue weighted by Gasteiger charge is -2.33. The number of allylic oxidation sites excluding steroid dienone is 2. The van der Waals surface area contributed by atoms with Crippen molar-refractivity contribution in [2.45, 2.75) is 12.5 Å². The zero-order valence-electron chi connectivity index (χ0n) is 40.4. The fourth-order valence-electron chi connectivity index (χ4n) is 7.14. The quantitative estimate of drug-likeness (QED) is 0.138. The molecule has 8 aromatic carbocycles. The van der Waals surface area contributed by atoms with E-state index in [1.54, 1.807) is 12.1 Å². The second-order valence-corrected chi connectivity index (χ2v) is 13.4. The predicted molar refractivity (Wildman–Crippen MR) is 238 cm³/mol. The first kappa shape index (κ1) is 25.0. The lowest BCUT2D eigenvalue weighted by atomic mass is 9.99. The first-order chi connectivity index (χ1) is 31.9. The summed E-state index contributed by atoms with van der Waals surface area (Å²) in [5.41, 5.74) is 10.3. The zero-order valence-corrected chi connectivity index (χ0v) is 30.4. The van der Waals surface area contributed by atoms with Crippen molar-refractivity contribution >= 4 is 28.4 Å². The van der Waals surface area contributed by atoms with Crippen LogP contribution in [-0.2, 0) is 0 Å². The molecule has 0 fully saturated rings. The average molecular weight is 729 g/mol. The van der Waals surface area contributed by atoms with Crippen LogP contribution in [0.4, 0.5) is 28.4 Å². The maximum Gasteiger partial charge on any atom is 0.0629 e. The lowest BCUT2D eigenvalue weighted by Crippen LogP contribution is -2.29. The van der Waals surface area contributed by atoms with Gasteiger partial charge in [0.1, 0.15) is 0 Å². The van der Waals surface area contributed by atoms with E-state index in [0.717, 1.165) is 57.1 Å². The first-order valence-corrected chi connectivity index (χ1v) is 18.5. The molecule has 0 bridgehead atoms. The van der Waals surface area contributed by atoms with Crippen LogP contribution in [0.15, 0.2) is 236 Å². The van der Waals surface area contributed by atoms with Crippen molar-refractivity contribution in [1.82, 2.24) is 0 Å². The molecule has 1 atom stereocenters. The molecule has 268 valence electrons. The van der Waals surface area contributed by atoms with Crippen LogP contribution in [0.25, 0.3) is 44.5 Å². The highest BCUT2D eigenvalue weighted by atomic mass is 15.2. The third-order valence-corrected chi connectivity index (χ3v) is 9.97. The molecule has 0 spiro atoms. The lowest BCUT2D eigenvalue weighted by molar-refractivity contribution is 0.785. The van der Waals surface area contributed by atoms with Crippen LogP contribution in [0.2, 0.25) is 0 Å². The minimum absolute atomic E-state index is 0.0451. The fourth-order valence-corrected chi connectivity index (χ4v) is 7.14. The van der Waals surface area contributed by atoms with E-state index >= 15 is 0 Å². The Bertz CT molecular complexity index is 3080. The molecule has 1 unspecified atom stereocenters. The van der Waals surface area contributed by atoms with E-state index in [0.29, 0.717) is 11.1 Å². The first-order valence-electron chi connectivity index (χ1n) is 23.5. The SMILES string of the molecule is [2H]c1c([2H])c([2H])c(-c2ccc(N(c3ccccc3)c3ccc(-c4ccc(-c5ccc(N(c6ccc(-c7c([2H])c([2H])c([2H])c([2H])c7[2H])cc6)C6C=CC=CC6)cc5)cc4)cc3)cc2)c([2H])c1[2H]. The van der Waals surface area contributed by atoms with E-state index < -0.39 is 12.1 Å². The van der Waals surface area contributed by atoms with E-state index in [1.165, 1.54) is 0 Å². The molecule has 9 rings (SSSR count). The molecule has 2 heteroatoms. The molecule has 0 saturated carbocycles. The largest absolute Gasteiger partial charge is 0.334 e. The molecule has 0 aliphatic heterocycles. The standard InChI is InChI=1S/C54H42N2/c1-5-13-41(14-6-1)45-25-33-51(34-26-45)55(49-17-9-3-10-18-49)53-37-29-47(30-38-53)43-21-23-44(24-22-43)48-31-39-54(40-32-48)56(50-19-11-4-12-20-50)52-35-27-46(28-36-52)42-15-7-2-8-16-42/h1-19,21-40,50H,20H2/i1D,2D,5D,6D,7D,8D,13D,14D,15D,16D. The maximum atomic E-state index is 8.45. The maximum absolute atomic E-state index is 8.45. The Kier molecular flexibility index (Phi) is 7.18. The van der Waals surface area contributed by atoms with Gasteiger partial charge in [-0.1, -0.05) is 176 Å². The van der Waals surface area contributed by atoms with Crippen molar-refractivity contribution in [3.8, 4) is 44.5 Å². The molecule has 56 heavy (non-hydrogen) atoms. The van der Waals surface area contributed by atoms with Crippen LogP contribution in [0.3, 0.4) is 0 Å². The van der Waals surface area contributed by atoms with Crippen LogP contribution in [0.1, 0.15) is 20.1 Å². The topological polar surface area (TPSA) is 6.48 Å². The monoisotopic (exact) mass is 728 g/mol. The number of benzene rings is 8. The second-order valence-electron chi connectivity index (χ2n) is 13.4. The normalized spacial score (nSPS) is 15.8.